The van der Waals surface area contributed by atoms with Crippen LogP contribution in [0, 0.1) is 20.8 Å². The van der Waals surface area contributed by atoms with E-state index in [2.05, 4.69) is 59.8 Å². The van der Waals surface area contributed by atoms with E-state index in [9.17, 15) is 86.3 Å². The molecule has 6 saturated heterocycles. The Morgan fingerprint density at radius 2 is 0.617 bits per heavy atom. The lowest BCUT2D eigenvalue weighted by Crippen LogP contribution is -2.33. The minimum atomic E-state index is -5.62. The number of nitrogens with two attached hydrogens (primary N) is 3. The van der Waals surface area contributed by atoms with Gasteiger partial charge < -0.3 is 80.3 Å². The van der Waals surface area contributed by atoms with Crippen LogP contribution in [0.3, 0.4) is 0 Å². The molecule has 9 aromatic rings. The van der Waals surface area contributed by atoms with Gasteiger partial charge in [-0.05, 0) is 20.8 Å². The number of hydrogen-bond acceptors (Lipinski definition) is 41. The molecule has 6 aliphatic rings. The van der Waals surface area contributed by atoms with Crippen LogP contribution in [0.5, 0.6) is 0 Å². The second kappa shape index (κ2) is 34.2. The summed E-state index contributed by atoms with van der Waals surface area (Å²) >= 11 is 0. The van der Waals surface area contributed by atoms with Crippen molar-refractivity contribution in [3.8, 4) is 0 Å². The number of ether oxygens (including phenoxy) is 6. The van der Waals surface area contributed by atoms with Crippen molar-refractivity contribution in [2.24, 2.45) is 0 Å². The Labute approximate surface area is 668 Å². The van der Waals surface area contributed by atoms with Gasteiger partial charge in [0.2, 0.25) is 0 Å². The van der Waals surface area contributed by atoms with Gasteiger partial charge in [0, 0.05) is 73.8 Å². The number of fused-ring (bicyclic) bond motifs is 3. The molecule has 0 spiro atoms. The highest BCUT2D eigenvalue weighted by atomic mass is 31.2. The minimum Gasteiger partial charge on any atom is -0.394 e. The van der Waals surface area contributed by atoms with Crippen LogP contribution in [0.25, 0.3) is 33.5 Å². The average molecular weight is 1790 g/mol. The van der Waals surface area contributed by atoms with Gasteiger partial charge in [-0.1, -0.05) is 0 Å². The third kappa shape index (κ3) is 18.8. The summed E-state index contributed by atoms with van der Waals surface area (Å²) in [6.45, 7) is -1.59. The van der Waals surface area contributed by atoms with Gasteiger partial charge in [0.25, 0.3) is 16.7 Å². The first-order valence-electron chi connectivity index (χ1n) is 36.1. The van der Waals surface area contributed by atoms with Gasteiger partial charge in [-0.3, -0.25) is 102 Å². The maximum atomic E-state index is 14.5. The van der Waals surface area contributed by atoms with Crippen molar-refractivity contribution in [3.05, 3.63) is 136 Å². The normalized spacial score (nSPS) is 29.7. The third-order valence-corrected chi connectivity index (χ3v) is 25.2. The first kappa shape index (κ1) is 86.3. The third-order valence-electron chi connectivity index (χ3n) is 20.1. The number of aryl methyl sites for hydroxylation is 3. The Balaban J connectivity index is 0.636. The van der Waals surface area contributed by atoms with Crippen LogP contribution in [-0.2, 0) is 96.5 Å². The second-order valence-electron chi connectivity index (χ2n) is 28.2. The van der Waals surface area contributed by atoms with Crippen molar-refractivity contribution < 1.29 is 131 Å². The summed E-state index contributed by atoms with van der Waals surface area (Å²) in [5.74, 6) is -0.166. The number of nitrogens with one attached hydrogen (secondary N) is 3. The maximum Gasteiger partial charge on any atom is 0.472 e. The molecule has 120 heavy (non-hydrogen) atoms. The summed E-state index contributed by atoms with van der Waals surface area (Å²) in [5, 5.41) is 21.1. The fraction of sp³-hybridized carbons (Fsp3) is 0.550. The van der Waals surface area contributed by atoms with Crippen LogP contribution in [0.4, 0.5) is 17.5 Å². The molecule has 0 aliphatic carbocycles. The summed E-state index contributed by atoms with van der Waals surface area (Å²) in [6.07, 6.45) is -18.4. The molecule has 0 aromatic carbocycles. The molecule has 55 nitrogen and oxygen atoms in total. The number of phosphoric acid groups is 5. The van der Waals surface area contributed by atoms with E-state index in [0.717, 1.165) is 38.9 Å². The Bertz CT molecular complexity index is 6000. The van der Waals surface area contributed by atoms with Gasteiger partial charge in [0.05, 0.1) is 64.7 Å². The van der Waals surface area contributed by atoms with Crippen LogP contribution in [0.15, 0.2) is 85.3 Å². The Hall–Kier alpha value is -8.68. The predicted molar refractivity (Wildman–Crippen MR) is 395 cm³/mol. The van der Waals surface area contributed by atoms with Crippen molar-refractivity contribution in [1.29, 1.82) is 0 Å². The summed E-state index contributed by atoms with van der Waals surface area (Å²) in [6, 6.07) is 0. The molecule has 60 heteroatoms. The van der Waals surface area contributed by atoms with Gasteiger partial charge in [-0.25, -0.2) is 82.1 Å². The molecule has 9 aromatic heterocycles. The second-order valence-corrected chi connectivity index (χ2v) is 35.2. The lowest BCUT2D eigenvalue weighted by atomic mass is 10.2. The number of H-pyrrole nitrogens is 3. The topological polar surface area (TPSA) is 748 Å². The fourth-order valence-corrected chi connectivity index (χ4v) is 19.0. The molecule has 0 bridgehead atoms. The average Bonchev–Trinajstić information content (AvgIpc) is 1.63. The van der Waals surface area contributed by atoms with Gasteiger partial charge in [-0.2, -0.15) is 0 Å². The zero-order valence-electron chi connectivity index (χ0n) is 62.4. The smallest absolute Gasteiger partial charge is 0.394 e. The number of rotatable bonds is 32. The molecule has 6 aliphatic heterocycles. The maximum absolute atomic E-state index is 14.5. The van der Waals surface area contributed by atoms with E-state index in [1.54, 1.807) is 0 Å². The number of imidazole rings is 3. The first-order chi connectivity index (χ1) is 56.8. The van der Waals surface area contributed by atoms with E-state index in [1.807, 2.05) is 0 Å². The van der Waals surface area contributed by atoms with Crippen molar-refractivity contribution in [2.75, 3.05) is 56.8 Å². The van der Waals surface area contributed by atoms with Crippen LogP contribution in [0.2, 0.25) is 0 Å². The van der Waals surface area contributed by atoms with Gasteiger partial charge in [0.1, 0.15) is 140 Å². The van der Waals surface area contributed by atoms with Gasteiger partial charge in [0.15, 0.2) is 34.4 Å². The molecule has 16 N–H and O–H groups in total. The molecular weight excluding hydrogens is 1710 g/mol. The van der Waals surface area contributed by atoms with Gasteiger partial charge in [-0.15, -0.1) is 0 Å². The molecule has 0 amide bonds. The van der Waals surface area contributed by atoms with Crippen molar-refractivity contribution >= 4 is 90.1 Å². The molecule has 23 atom stereocenters. The standard InChI is InChI=1S/C60H76N21O34P5/c1-25-10-76(58(87)73-55(25)84)40-4-28(83)35(106-40)14-100-116(90,91)113-31-7-43(79-22-70-46-49(61)64-19-67-52(46)79)109-38(31)17-104-120(98,99)115-33-9-45(81-24-72-48-51(63)66-21-69-54(48)81)110-39(33)18-103-118(94,95)112-30-6-42(78-12-27(3)57(86)75-60(78)89)107-36(30)15-102-119(96,97)114-32-8-44(80-23-71-47-50(62)65-20-68-53(47)80)108-37(32)16-101-117(92,93)111-29-5-41(105-34(29)13-82)77-11-26(2)56(85)74-59(77)88/h10-12,19-24,28-45,82-83H,4-9,13-18H2,1-3H3,(H,90,91)(H,92,93)(H,94,95)(H,96,97)(H,98,99)(H2,61,64,67)(H2,62,65,68)(H2,63,66,69)(H,73,84,87)(H,74,85,88)(H,75,86,89)/t28-,29-,30-,31-,32-,33-,34+,35+,36+,37+,38+,39+,40+,41+,42+,43+,44+,45+/m0/s1. The number of aliphatic hydroxyl groups excluding tert-OH is 2. The van der Waals surface area contributed by atoms with Crippen molar-refractivity contribution in [2.45, 2.75) is 170 Å². The summed E-state index contributed by atoms with van der Waals surface area (Å²) in [4.78, 5) is 176. The SMILES string of the molecule is Cc1cn([C@H]2C[C@H](OP(=O)(O)OC[C@H]3O[C@@H](n4cnc5c(N)ncnc54)C[C@@H]3OP(=O)(O)OC[C@H]3O[C@@H](n4cc(C)c(=O)[nH]c4=O)C[C@@H]3OP(=O)(O)OC[C@H]3O[C@@H](n4cnc5c(N)ncnc54)C[C@@H]3OP(=O)(O)OC[C@H]3O[C@@H](n4cnc5c(N)ncnc54)C[C@@H]3OP(=O)(O)OC[C@H]3O[C@@H](n4cc(C)c(=O)[nH]c4=O)C[C@@H]3O)[C@@H](CO)O2)c(=O)[nH]c1=O. The lowest BCUT2D eigenvalue weighted by molar-refractivity contribution is -0.0646. The number of aliphatic hydroxyl groups is 2. The predicted octanol–water partition coefficient (Wildman–Crippen LogP) is -1.58. The summed E-state index contributed by atoms with van der Waals surface area (Å²) < 4.78 is 170. The van der Waals surface area contributed by atoms with E-state index in [-0.39, 0.29) is 86.9 Å². The van der Waals surface area contributed by atoms with E-state index >= 15 is 0 Å². The monoisotopic (exact) mass is 1790 g/mol. The quantitative estimate of drug-likeness (QED) is 0.0212. The molecule has 15 rings (SSSR count). The largest absolute Gasteiger partial charge is 0.472 e. The highest BCUT2D eigenvalue weighted by molar-refractivity contribution is 7.48. The first-order valence-corrected chi connectivity index (χ1v) is 43.6. The molecule has 5 unspecified atom stereocenters. The van der Waals surface area contributed by atoms with Crippen molar-refractivity contribution in [3.63, 3.8) is 0 Å². The molecular formula is C60H76N21O34P5. The van der Waals surface area contributed by atoms with E-state index in [0.29, 0.717) is 0 Å². The molecule has 0 saturated carbocycles. The minimum absolute atomic E-state index is 0.0268. The van der Waals surface area contributed by atoms with Crippen LogP contribution in [-0.4, -0.2) is 235 Å². The molecule has 0 radical (unpaired) electrons. The zero-order valence-corrected chi connectivity index (χ0v) is 66.9. The highest BCUT2D eigenvalue weighted by Crippen LogP contribution is 2.57. The number of phosphoric ester groups is 5. The summed E-state index contributed by atoms with van der Waals surface area (Å²) in [7, 11) is -27.3. The Morgan fingerprint density at radius 3 is 0.900 bits per heavy atom. The van der Waals surface area contributed by atoms with Gasteiger partial charge >= 0.3 is 56.2 Å². The molecule has 650 valence electrons. The zero-order chi connectivity index (χ0) is 85.4. The number of hydrogen-bond donors (Lipinski definition) is 13. The van der Waals surface area contributed by atoms with E-state index in [4.69, 9.17) is 90.9 Å². The number of nitrogen functional groups attached to an aromatic ring is 3. The lowest BCUT2D eigenvalue weighted by Gasteiger charge is -2.26. The number of anilines is 3. The Kier molecular flexibility index (Phi) is 24.6. The highest BCUT2D eigenvalue weighted by Gasteiger charge is 2.52. The van der Waals surface area contributed by atoms with Crippen LogP contribution in [0.1, 0.15) is 92.6 Å². The Morgan fingerprint density at radius 1 is 0.375 bits per heavy atom. The van der Waals surface area contributed by atoms with Crippen LogP contribution >= 0.6 is 39.1 Å². The van der Waals surface area contributed by atoms with E-state index < -0.39 is 242 Å². The van der Waals surface area contributed by atoms with E-state index in [1.165, 1.54) is 65.8 Å². The molecule has 15 heterocycles. The number of aromatic amines is 3. The van der Waals surface area contributed by atoms with Crippen LogP contribution < -0.4 is 50.9 Å². The number of aromatic nitrogens is 18. The number of nitrogens with zero attached hydrogens (tertiary/aromatic N) is 15. The molecule has 6 fully saturated rings. The van der Waals surface area contributed by atoms with Crippen molar-refractivity contribution in [1.82, 2.24) is 87.2 Å². The summed E-state index contributed by atoms with van der Waals surface area (Å²) in [5.41, 5.74) is 14.0. The fourth-order valence-electron chi connectivity index (χ4n) is 14.2.